The fraction of sp³-hybridized carbons (Fsp3) is 0.148. The summed E-state index contributed by atoms with van der Waals surface area (Å²) >= 11 is 6.21. The molecule has 4 aromatic rings. The molecule has 0 radical (unpaired) electrons. The molecule has 1 N–H and O–H groups in total. The summed E-state index contributed by atoms with van der Waals surface area (Å²) < 4.78 is 21.4. The van der Waals surface area contributed by atoms with Crippen LogP contribution in [-0.4, -0.2) is 31.7 Å². The highest BCUT2D eigenvalue weighted by atomic mass is 35.5. The topological polar surface area (TPSA) is 84.7 Å². The van der Waals surface area contributed by atoms with Gasteiger partial charge < -0.3 is 14.7 Å². The summed E-state index contributed by atoms with van der Waals surface area (Å²) in [4.78, 5) is 26.6. The highest BCUT2D eigenvalue weighted by molar-refractivity contribution is 6.31. The van der Waals surface area contributed by atoms with Crippen molar-refractivity contribution in [3.05, 3.63) is 106 Å². The van der Waals surface area contributed by atoms with Gasteiger partial charge in [0.25, 0.3) is 5.91 Å². The SMILES string of the molecule is Cn1nc(C(=O)N(Cc2ccc(C(=O)O)cc2)Cc2cccc(F)c2)c2c1-c1cc(Cl)ccc1OC2. The molecule has 0 spiro atoms. The maximum atomic E-state index is 13.9. The van der Waals surface area contributed by atoms with E-state index >= 15 is 0 Å². The van der Waals surface area contributed by atoms with Crippen LogP contribution in [0.4, 0.5) is 4.39 Å². The molecule has 0 saturated heterocycles. The molecule has 1 aliphatic heterocycles. The number of rotatable bonds is 6. The molecule has 9 heteroatoms. The minimum Gasteiger partial charge on any atom is -0.488 e. The zero-order chi connectivity index (χ0) is 25.4. The Labute approximate surface area is 211 Å². The van der Waals surface area contributed by atoms with Crippen LogP contribution >= 0.6 is 11.6 Å². The molecule has 182 valence electrons. The number of aromatic nitrogens is 2. The molecule has 1 aromatic heterocycles. The summed E-state index contributed by atoms with van der Waals surface area (Å²) in [7, 11) is 1.76. The normalized spacial score (nSPS) is 11.9. The fourth-order valence-electron chi connectivity index (χ4n) is 4.35. The van der Waals surface area contributed by atoms with Gasteiger partial charge in [0.15, 0.2) is 5.69 Å². The van der Waals surface area contributed by atoms with Crippen molar-refractivity contribution in [2.75, 3.05) is 0 Å². The van der Waals surface area contributed by atoms with Crippen molar-refractivity contribution in [2.24, 2.45) is 7.05 Å². The first-order valence-electron chi connectivity index (χ1n) is 11.1. The summed E-state index contributed by atoms with van der Waals surface area (Å²) in [6.07, 6.45) is 0. The van der Waals surface area contributed by atoms with Gasteiger partial charge in [0.2, 0.25) is 0 Å². The molecular formula is C27H21ClFN3O4. The maximum Gasteiger partial charge on any atom is 0.335 e. The Morgan fingerprint density at radius 1 is 1.08 bits per heavy atom. The number of ether oxygens (including phenoxy) is 1. The summed E-state index contributed by atoms with van der Waals surface area (Å²) in [5.74, 6) is -1.13. The maximum absolute atomic E-state index is 13.9. The molecule has 0 saturated carbocycles. The number of halogens is 2. The molecule has 1 amide bonds. The standard InChI is InChI=1S/C27H21ClFN3O4/c1-31-25-21-12-19(28)9-10-23(21)36-15-22(25)24(30-31)26(33)32(14-17-3-2-4-20(29)11-17)13-16-5-7-18(8-6-16)27(34)35/h2-12H,13-15H2,1H3,(H,34,35). The Balaban J connectivity index is 1.52. The van der Waals surface area contributed by atoms with Gasteiger partial charge in [0.1, 0.15) is 18.2 Å². The number of aromatic carboxylic acids is 1. The Bertz CT molecular complexity index is 1480. The number of amides is 1. The second-order valence-corrected chi connectivity index (χ2v) is 8.96. The van der Waals surface area contributed by atoms with Crippen molar-refractivity contribution < 1.29 is 23.8 Å². The van der Waals surface area contributed by atoms with Crippen molar-refractivity contribution in [1.29, 1.82) is 0 Å². The molecule has 1 aliphatic rings. The van der Waals surface area contributed by atoms with Crippen LogP contribution in [0.5, 0.6) is 5.75 Å². The number of carbonyl (C=O) groups excluding carboxylic acids is 1. The number of carbonyl (C=O) groups is 2. The molecule has 36 heavy (non-hydrogen) atoms. The lowest BCUT2D eigenvalue weighted by Gasteiger charge is -2.24. The lowest BCUT2D eigenvalue weighted by Crippen LogP contribution is -2.31. The van der Waals surface area contributed by atoms with Crippen LogP contribution in [0.1, 0.15) is 37.5 Å². The van der Waals surface area contributed by atoms with E-state index in [9.17, 15) is 19.1 Å². The van der Waals surface area contributed by atoms with E-state index in [4.69, 9.17) is 16.3 Å². The summed E-state index contributed by atoms with van der Waals surface area (Å²) in [5, 5.41) is 14.3. The van der Waals surface area contributed by atoms with E-state index < -0.39 is 11.8 Å². The van der Waals surface area contributed by atoms with Gasteiger partial charge in [-0.05, 0) is 53.6 Å². The van der Waals surface area contributed by atoms with Gasteiger partial charge in [-0.25, -0.2) is 9.18 Å². The zero-order valence-electron chi connectivity index (χ0n) is 19.2. The number of carboxylic acid groups (broad SMARTS) is 1. The van der Waals surface area contributed by atoms with Crippen molar-refractivity contribution in [3.63, 3.8) is 0 Å². The lowest BCUT2D eigenvalue weighted by atomic mass is 10.0. The van der Waals surface area contributed by atoms with Gasteiger partial charge in [0.05, 0.1) is 11.3 Å². The average Bonchev–Trinajstić information content (AvgIpc) is 3.20. The highest BCUT2D eigenvalue weighted by Crippen LogP contribution is 2.40. The predicted octanol–water partition coefficient (Wildman–Crippen LogP) is 5.31. The van der Waals surface area contributed by atoms with Gasteiger partial charge in [-0.15, -0.1) is 0 Å². The number of aryl methyl sites for hydroxylation is 1. The van der Waals surface area contributed by atoms with Crippen LogP contribution in [0.3, 0.4) is 0 Å². The van der Waals surface area contributed by atoms with Crippen LogP contribution in [0, 0.1) is 5.82 Å². The van der Waals surface area contributed by atoms with Gasteiger partial charge in [-0.1, -0.05) is 35.9 Å². The first kappa shape index (κ1) is 23.6. The van der Waals surface area contributed by atoms with Crippen LogP contribution in [0.25, 0.3) is 11.3 Å². The monoisotopic (exact) mass is 505 g/mol. The van der Waals surface area contributed by atoms with Gasteiger partial charge in [0, 0.05) is 36.3 Å². The van der Waals surface area contributed by atoms with Gasteiger partial charge in [-0.2, -0.15) is 5.10 Å². The first-order valence-corrected chi connectivity index (χ1v) is 11.5. The third-order valence-corrected chi connectivity index (χ3v) is 6.28. The van der Waals surface area contributed by atoms with E-state index in [1.54, 1.807) is 59.1 Å². The number of nitrogens with zero attached hydrogens (tertiary/aromatic N) is 3. The largest absolute Gasteiger partial charge is 0.488 e. The van der Waals surface area contributed by atoms with E-state index in [-0.39, 0.29) is 36.9 Å². The molecule has 0 fully saturated rings. The second kappa shape index (κ2) is 9.47. The lowest BCUT2D eigenvalue weighted by molar-refractivity contribution is 0.0692. The molecule has 0 unspecified atom stereocenters. The van der Waals surface area contributed by atoms with E-state index in [1.165, 1.54) is 24.3 Å². The smallest absolute Gasteiger partial charge is 0.335 e. The minimum atomic E-state index is -1.03. The molecule has 5 rings (SSSR count). The molecule has 0 atom stereocenters. The van der Waals surface area contributed by atoms with Crippen LogP contribution in [-0.2, 0) is 26.7 Å². The van der Waals surface area contributed by atoms with E-state index in [1.807, 2.05) is 0 Å². The average molecular weight is 506 g/mol. The number of fused-ring (bicyclic) bond motifs is 3. The van der Waals surface area contributed by atoms with Crippen molar-refractivity contribution in [2.45, 2.75) is 19.7 Å². The third kappa shape index (κ3) is 4.55. The highest BCUT2D eigenvalue weighted by Gasteiger charge is 2.31. The van der Waals surface area contributed by atoms with Gasteiger partial charge >= 0.3 is 5.97 Å². The molecule has 0 aliphatic carbocycles. The number of carboxylic acids is 1. The first-order chi connectivity index (χ1) is 17.3. The van der Waals surface area contributed by atoms with E-state index in [2.05, 4.69) is 5.10 Å². The Kier molecular flexibility index (Phi) is 6.20. The van der Waals surface area contributed by atoms with E-state index in [0.717, 1.165) is 16.8 Å². The molecule has 3 aromatic carbocycles. The van der Waals surface area contributed by atoms with Gasteiger partial charge in [-0.3, -0.25) is 9.48 Å². The minimum absolute atomic E-state index is 0.131. The van der Waals surface area contributed by atoms with Crippen LogP contribution in [0.15, 0.2) is 66.7 Å². The predicted molar refractivity (Wildman–Crippen MR) is 131 cm³/mol. The van der Waals surface area contributed by atoms with Crippen LogP contribution in [0.2, 0.25) is 5.02 Å². The Morgan fingerprint density at radius 3 is 2.56 bits per heavy atom. The number of benzene rings is 3. The number of hydrogen-bond donors (Lipinski definition) is 1. The third-order valence-electron chi connectivity index (χ3n) is 6.04. The second-order valence-electron chi connectivity index (χ2n) is 8.52. The number of hydrogen-bond acceptors (Lipinski definition) is 4. The molecule has 0 bridgehead atoms. The summed E-state index contributed by atoms with van der Waals surface area (Å²) in [5.41, 5.74) is 3.86. The molecule has 2 heterocycles. The summed E-state index contributed by atoms with van der Waals surface area (Å²) in [6, 6.07) is 17.6. The fourth-order valence-corrected chi connectivity index (χ4v) is 4.53. The Morgan fingerprint density at radius 2 is 1.83 bits per heavy atom. The summed E-state index contributed by atoms with van der Waals surface area (Å²) in [6.45, 7) is 0.468. The van der Waals surface area contributed by atoms with E-state index in [0.29, 0.717) is 21.9 Å². The molecular weight excluding hydrogens is 485 g/mol. The molecule has 7 nitrogen and oxygen atoms in total. The van der Waals surface area contributed by atoms with Crippen LogP contribution < -0.4 is 4.74 Å². The van der Waals surface area contributed by atoms with Crippen molar-refractivity contribution in [3.8, 4) is 17.0 Å². The van der Waals surface area contributed by atoms with Crippen molar-refractivity contribution >= 4 is 23.5 Å². The zero-order valence-corrected chi connectivity index (χ0v) is 20.0. The van der Waals surface area contributed by atoms with Crippen molar-refractivity contribution in [1.82, 2.24) is 14.7 Å². The Hall–Kier alpha value is -4.17. The quantitative estimate of drug-likeness (QED) is 0.384.